The van der Waals surface area contributed by atoms with Crippen LogP contribution in [0, 0.1) is 6.07 Å². The summed E-state index contributed by atoms with van der Waals surface area (Å²) in [5.74, 6) is 0.652. The van der Waals surface area contributed by atoms with Crippen LogP contribution in [0.3, 0.4) is 0 Å². The molecule has 87 valence electrons. The molecule has 1 aliphatic rings. The Labute approximate surface area is 114 Å². The molecule has 3 rings (SSSR count). The van der Waals surface area contributed by atoms with Gasteiger partial charge in [-0.2, -0.15) is 0 Å². The van der Waals surface area contributed by atoms with E-state index < -0.39 is 0 Å². The predicted octanol–water partition coefficient (Wildman–Crippen LogP) is 3.09. The van der Waals surface area contributed by atoms with Gasteiger partial charge in [0.1, 0.15) is 12.5 Å². The van der Waals surface area contributed by atoms with E-state index in [-0.39, 0.29) is 20.1 Å². The first-order chi connectivity index (χ1) is 7.93. The molecule has 0 aromatic heterocycles. The summed E-state index contributed by atoms with van der Waals surface area (Å²) in [6, 6.07) is 18.8. The Balaban J connectivity index is 0.00000108. The van der Waals surface area contributed by atoms with Crippen LogP contribution in [-0.4, -0.2) is 5.90 Å². The van der Waals surface area contributed by atoms with Gasteiger partial charge >= 0.3 is 0 Å². The van der Waals surface area contributed by atoms with Gasteiger partial charge in [-0.15, -0.1) is 30.3 Å². The molecule has 0 fully saturated rings. The second kappa shape index (κ2) is 5.26. The molecule has 0 aliphatic carbocycles. The topological polar surface area (TPSA) is 21.6 Å². The third-order valence-electron chi connectivity index (χ3n) is 2.52. The molecule has 0 bridgehead atoms. The molecule has 3 heteroatoms. The summed E-state index contributed by atoms with van der Waals surface area (Å²) in [5, 5.41) is 0. The summed E-state index contributed by atoms with van der Waals surface area (Å²) < 4.78 is 5.61. The van der Waals surface area contributed by atoms with Crippen LogP contribution >= 0.6 is 0 Å². The summed E-state index contributed by atoms with van der Waals surface area (Å²) in [7, 11) is 0. The summed E-state index contributed by atoms with van der Waals surface area (Å²) in [6.07, 6.45) is 0. The van der Waals surface area contributed by atoms with Crippen molar-refractivity contribution in [2.75, 3.05) is 0 Å². The molecule has 1 aliphatic heterocycles. The molecule has 1 heterocycles. The van der Waals surface area contributed by atoms with Crippen LogP contribution in [0.5, 0.6) is 0 Å². The normalized spacial score (nSPS) is 12.8. The van der Waals surface area contributed by atoms with Gasteiger partial charge in [-0.05, 0) is 6.07 Å². The van der Waals surface area contributed by atoms with Gasteiger partial charge < -0.3 is 4.74 Å². The van der Waals surface area contributed by atoms with E-state index in [4.69, 9.17) is 4.74 Å². The average molecular weight is 400 g/mol. The first-order valence-corrected chi connectivity index (χ1v) is 5.20. The van der Waals surface area contributed by atoms with Gasteiger partial charge in [0.2, 0.25) is 0 Å². The fourth-order valence-electron chi connectivity index (χ4n) is 1.69. The Bertz CT molecular complexity index is 537. The molecular weight excluding hydrogens is 390 g/mol. The zero-order chi connectivity index (χ0) is 10.8. The van der Waals surface area contributed by atoms with Crippen molar-refractivity contribution in [2.24, 2.45) is 4.99 Å². The van der Waals surface area contributed by atoms with Gasteiger partial charge in [0, 0.05) is 25.7 Å². The maximum absolute atomic E-state index is 5.61. The van der Waals surface area contributed by atoms with Crippen molar-refractivity contribution in [1.82, 2.24) is 0 Å². The van der Waals surface area contributed by atoms with Crippen LogP contribution in [0.4, 0.5) is 5.69 Å². The van der Waals surface area contributed by atoms with E-state index in [2.05, 4.69) is 11.1 Å². The van der Waals surface area contributed by atoms with Gasteiger partial charge in [0.15, 0.2) is 0 Å². The predicted molar refractivity (Wildman–Crippen MR) is 62.7 cm³/mol. The molecule has 0 N–H and O–H groups in total. The zero-order valence-electron chi connectivity index (χ0n) is 9.01. The van der Waals surface area contributed by atoms with E-state index in [1.165, 1.54) is 0 Å². The standard InChI is InChI=1S/C14H10NO.Ir/c1-2-6-11(7-3-1)14-15-13-9-5-4-8-12(13)10-16-14;/h1-6,8-9H,10H2;/q-1;. The van der Waals surface area contributed by atoms with Gasteiger partial charge in [-0.1, -0.05) is 23.8 Å². The monoisotopic (exact) mass is 401 g/mol. The third kappa shape index (κ3) is 2.46. The van der Waals surface area contributed by atoms with Crippen molar-refractivity contribution in [3.8, 4) is 0 Å². The number of fused-ring (bicyclic) bond motifs is 1. The van der Waals surface area contributed by atoms with E-state index in [0.29, 0.717) is 12.5 Å². The molecule has 2 aromatic rings. The largest absolute Gasteiger partial charge is 0.515 e. The Morgan fingerprint density at radius 2 is 1.88 bits per heavy atom. The number of nitrogens with zero attached hydrogens (tertiary/aromatic N) is 1. The maximum Gasteiger partial charge on any atom is 0.135 e. The molecule has 1 radical (unpaired) electrons. The van der Waals surface area contributed by atoms with Crippen LogP contribution in [0.1, 0.15) is 11.1 Å². The minimum atomic E-state index is 0. The first kappa shape index (κ1) is 12.0. The Kier molecular flexibility index (Phi) is 3.72. The first-order valence-electron chi connectivity index (χ1n) is 5.20. The quantitative estimate of drug-likeness (QED) is 0.675. The number of hydrogen-bond donors (Lipinski definition) is 0. The van der Waals surface area contributed by atoms with Crippen molar-refractivity contribution in [3.05, 3.63) is 65.7 Å². The Morgan fingerprint density at radius 1 is 1.06 bits per heavy atom. The second-order valence-corrected chi connectivity index (χ2v) is 3.61. The van der Waals surface area contributed by atoms with Gasteiger partial charge in [-0.25, -0.2) is 0 Å². The Morgan fingerprint density at radius 3 is 2.71 bits per heavy atom. The van der Waals surface area contributed by atoms with Crippen LogP contribution in [-0.2, 0) is 31.4 Å². The van der Waals surface area contributed by atoms with Gasteiger partial charge in [-0.3, -0.25) is 4.99 Å². The minimum Gasteiger partial charge on any atom is -0.515 e. The van der Waals surface area contributed by atoms with Crippen LogP contribution in [0.25, 0.3) is 0 Å². The van der Waals surface area contributed by atoms with Crippen molar-refractivity contribution in [3.63, 3.8) is 0 Å². The van der Waals surface area contributed by atoms with Crippen LogP contribution < -0.4 is 0 Å². The molecule has 0 saturated heterocycles. The zero-order valence-corrected chi connectivity index (χ0v) is 11.4. The molecule has 0 atom stereocenters. The minimum absolute atomic E-state index is 0. The molecule has 0 amide bonds. The van der Waals surface area contributed by atoms with Crippen molar-refractivity contribution >= 4 is 11.6 Å². The SMILES string of the molecule is [Ir].[c-]1ccccc1C1=Nc2ccccc2CO1. The summed E-state index contributed by atoms with van der Waals surface area (Å²) in [6.45, 7) is 0.581. The van der Waals surface area contributed by atoms with E-state index in [1.54, 1.807) is 0 Å². The molecule has 17 heavy (non-hydrogen) atoms. The van der Waals surface area contributed by atoms with E-state index in [0.717, 1.165) is 16.8 Å². The van der Waals surface area contributed by atoms with Crippen molar-refractivity contribution in [2.45, 2.75) is 6.61 Å². The van der Waals surface area contributed by atoms with E-state index in [9.17, 15) is 0 Å². The van der Waals surface area contributed by atoms with Crippen LogP contribution in [0.2, 0.25) is 0 Å². The number of rotatable bonds is 1. The number of hydrogen-bond acceptors (Lipinski definition) is 2. The number of aliphatic imine (C=N–C) groups is 1. The Hall–Kier alpha value is -1.44. The van der Waals surface area contributed by atoms with E-state index >= 15 is 0 Å². The van der Waals surface area contributed by atoms with E-state index in [1.807, 2.05) is 48.5 Å². The molecule has 0 spiro atoms. The van der Waals surface area contributed by atoms with Crippen molar-refractivity contribution < 1.29 is 24.8 Å². The fraction of sp³-hybridized carbons (Fsp3) is 0.0714. The van der Waals surface area contributed by atoms with Gasteiger partial charge in [0.05, 0.1) is 5.69 Å². The second-order valence-electron chi connectivity index (χ2n) is 3.61. The fourth-order valence-corrected chi connectivity index (χ4v) is 1.69. The number of ether oxygens (including phenoxy) is 1. The van der Waals surface area contributed by atoms with Crippen molar-refractivity contribution in [1.29, 1.82) is 0 Å². The van der Waals surface area contributed by atoms with Gasteiger partial charge in [0.25, 0.3) is 0 Å². The summed E-state index contributed by atoms with van der Waals surface area (Å²) in [5.41, 5.74) is 3.01. The number of para-hydroxylation sites is 1. The summed E-state index contributed by atoms with van der Waals surface area (Å²) >= 11 is 0. The molecule has 0 unspecified atom stereocenters. The average Bonchev–Trinajstić information content (AvgIpc) is 2.39. The smallest absolute Gasteiger partial charge is 0.135 e. The number of benzene rings is 2. The maximum atomic E-state index is 5.61. The summed E-state index contributed by atoms with van der Waals surface area (Å²) in [4.78, 5) is 4.48. The molecular formula is C14H10IrNO-. The molecule has 2 aromatic carbocycles. The third-order valence-corrected chi connectivity index (χ3v) is 2.52. The van der Waals surface area contributed by atoms with Crippen LogP contribution in [0.15, 0.2) is 53.5 Å². The molecule has 0 saturated carbocycles. The molecule has 2 nitrogen and oxygen atoms in total.